The number of aromatic nitrogens is 3. The van der Waals surface area contributed by atoms with Gasteiger partial charge in [-0.15, -0.1) is 11.3 Å². The van der Waals surface area contributed by atoms with Crippen molar-refractivity contribution in [3.63, 3.8) is 0 Å². The van der Waals surface area contributed by atoms with Gasteiger partial charge in [0, 0.05) is 36.3 Å². The lowest BCUT2D eigenvalue weighted by Gasteiger charge is -2.23. The molecule has 0 radical (unpaired) electrons. The number of rotatable bonds is 4. The Bertz CT molecular complexity index is 647. The van der Waals surface area contributed by atoms with E-state index in [2.05, 4.69) is 15.0 Å². The summed E-state index contributed by atoms with van der Waals surface area (Å²) in [7, 11) is 0. The zero-order chi connectivity index (χ0) is 16.1. The van der Waals surface area contributed by atoms with Gasteiger partial charge in [0.15, 0.2) is 0 Å². The minimum atomic E-state index is 0.119. The summed E-state index contributed by atoms with van der Waals surface area (Å²) in [6.45, 7) is 4.54. The number of hydrogen-bond acceptors (Lipinski definition) is 6. The molecule has 1 aliphatic heterocycles. The van der Waals surface area contributed by atoms with Crippen LogP contribution in [0, 0.1) is 12.8 Å². The molecular weight excluding hydrogens is 312 g/mol. The second kappa shape index (κ2) is 7.61. The second-order valence-corrected chi connectivity index (χ2v) is 6.78. The van der Waals surface area contributed by atoms with Crippen LogP contribution in [0.25, 0.3) is 0 Å². The van der Waals surface area contributed by atoms with Gasteiger partial charge in [-0.3, -0.25) is 4.79 Å². The minimum absolute atomic E-state index is 0.119. The van der Waals surface area contributed by atoms with Crippen LogP contribution in [-0.2, 0) is 22.4 Å². The molecule has 3 heterocycles. The molecule has 0 saturated carbocycles. The molecule has 6 nitrogen and oxygen atoms in total. The Morgan fingerprint density at radius 1 is 1.48 bits per heavy atom. The van der Waals surface area contributed by atoms with Crippen molar-refractivity contribution >= 4 is 17.2 Å². The lowest BCUT2D eigenvalue weighted by Crippen LogP contribution is -2.37. The van der Waals surface area contributed by atoms with Gasteiger partial charge in [0.25, 0.3) is 0 Å². The molecule has 3 rings (SSSR count). The summed E-state index contributed by atoms with van der Waals surface area (Å²) < 4.78 is 5.66. The van der Waals surface area contributed by atoms with Crippen molar-refractivity contribution in [1.29, 1.82) is 0 Å². The fourth-order valence-corrected chi connectivity index (χ4v) is 3.33. The second-order valence-electron chi connectivity index (χ2n) is 5.72. The van der Waals surface area contributed by atoms with E-state index in [-0.39, 0.29) is 11.8 Å². The van der Waals surface area contributed by atoms with E-state index < -0.39 is 0 Å². The Kier molecular flexibility index (Phi) is 5.30. The van der Waals surface area contributed by atoms with Gasteiger partial charge in [-0.2, -0.15) is 0 Å². The molecule has 0 bridgehead atoms. The third kappa shape index (κ3) is 4.56. The highest BCUT2D eigenvalue weighted by atomic mass is 32.1. The number of thiazole rings is 1. The first kappa shape index (κ1) is 16.0. The number of amides is 1. The van der Waals surface area contributed by atoms with Gasteiger partial charge in [-0.05, 0) is 19.4 Å². The zero-order valence-electron chi connectivity index (χ0n) is 13.1. The first-order valence-electron chi connectivity index (χ1n) is 7.72. The molecule has 0 unspecified atom stereocenters. The van der Waals surface area contributed by atoms with Gasteiger partial charge in [-0.25, -0.2) is 15.0 Å². The molecule has 1 atom stereocenters. The molecule has 23 heavy (non-hydrogen) atoms. The largest absolute Gasteiger partial charge is 0.379 e. The molecule has 1 fully saturated rings. The highest BCUT2D eigenvalue weighted by molar-refractivity contribution is 7.09. The first-order chi connectivity index (χ1) is 11.2. The Morgan fingerprint density at radius 2 is 2.39 bits per heavy atom. The van der Waals surface area contributed by atoms with Crippen molar-refractivity contribution in [3.8, 4) is 0 Å². The SMILES string of the molecule is Cc1nc(CC(=O)N2CCOC[C@@H](Cc3ccncn3)C2)cs1. The molecule has 2 aromatic rings. The molecule has 2 aromatic heterocycles. The molecule has 0 spiro atoms. The Hall–Kier alpha value is -1.86. The number of carbonyl (C=O) groups excluding carboxylic acids is 1. The summed E-state index contributed by atoms with van der Waals surface area (Å²) in [5, 5.41) is 2.95. The van der Waals surface area contributed by atoms with E-state index in [9.17, 15) is 4.79 Å². The van der Waals surface area contributed by atoms with Crippen molar-refractivity contribution in [2.45, 2.75) is 19.8 Å². The molecule has 7 heteroatoms. The number of ether oxygens (including phenoxy) is 1. The highest BCUT2D eigenvalue weighted by Gasteiger charge is 2.23. The zero-order valence-corrected chi connectivity index (χ0v) is 14.0. The number of nitrogens with zero attached hydrogens (tertiary/aromatic N) is 4. The van der Waals surface area contributed by atoms with Crippen LogP contribution in [0.3, 0.4) is 0 Å². The lowest BCUT2D eigenvalue weighted by molar-refractivity contribution is -0.130. The summed E-state index contributed by atoms with van der Waals surface area (Å²) in [6, 6.07) is 1.91. The minimum Gasteiger partial charge on any atom is -0.379 e. The summed E-state index contributed by atoms with van der Waals surface area (Å²) in [5.41, 5.74) is 1.84. The Balaban J connectivity index is 1.61. The average molecular weight is 332 g/mol. The van der Waals surface area contributed by atoms with Gasteiger partial charge < -0.3 is 9.64 Å². The molecule has 1 saturated heterocycles. The highest BCUT2D eigenvalue weighted by Crippen LogP contribution is 2.15. The fourth-order valence-electron chi connectivity index (χ4n) is 2.72. The molecule has 1 amide bonds. The summed E-state index contributed by atoms with van der Waals surface area (Å²) in [4.78, 5) is 27.0. The summed E-state index contributed by atoms with van der Waals surface area (Å²) >= 11 is 1.58. The van der Waals surface area contributed by atoms with E-state index in [0.29, 0.717) is 32.7 Å². The van der Waals surface area contributed by atoms with Crippen LogP contribution < -0.4 is 0 Å². The maximum absolute atomic E-state index is 12.5. The van der Waals surface area contributed by atoms with Crippen LogP contribution in [0.15, 0.2) is 24.0 Å². The van der Waals surface area contributed by atoms with Crippen molar-refractivity contribution in [2.75, 3.05) is 26.3 Å². The number of carbonyl (C=O) groups is 1. The van der Waals surface area contributed by atoms with Gasteiger partial charge in [0.1, 0.15) is 6.33 Å². The van der Waals surface area contributed by atoms with Crippen LogP contribution in [0.4, 0.5) is 0 Å². The third-order valence-electron chi connectivity index (χ3n) is 3.83. The van der Waals surface area contributed by atoms with E-state index in [1.807, 2.05) is 23.3 Å². The standard InChI is InChI=1S/C16H20N4O2S/c1-12-19-15(10-23-12)7-16(21)20-4-5-22-9-13(8-20)6-14-2-3-17-11-18-14/h2-3,10-11,13H,4-9H2,1H3/t13-/m0/s1. The Morgan fingerprint density at radius 3 is 3.13 bits per heavy atom. The molecular formula is C16H20N4O2S. The summed E-state index contributed by atoms with van der Waals surface area (Å²) in [5.74, 6) is 0.377. The quantitative estimate of drug-likeness (QED) is 0.849. The first-order valence-corrected chi connectivity index (χ1v) is 8.60. The van der Waals surface area contributed by atoms with Crippen molar-refractivity contribution in [2.24, 2.45) is 5.92 Å². The van der Waals surface area contributed by atoms with Gasteiger partial charge in [-0.1, -0.05) is 0 Å². The van der Waals surface area contributed by atoms with Gasteiger partial charge in [0.05, 0.1) is 30.3 Å². The van der Waals surface area contributed by atoms with Crippen LogP contribution in [-0.4, -0.2) is 52.1 Å². The third-order valence-corrected chi connectivity index (χ3v) is 4.65. The number of aryl methyl sites for hydroxylation is 1. The monoisotopic (exact) mass is 332 g/mol. The smallest absolute Gasteiger partial charge is 0.228 e. The lowest BCUT2D eigenvalue weighted by atomic mass is 10.0. The molecule has 0 aromatic carbocycles. The average Bonchev–Trinajstić information content (AvgIpc) is 2.82. The summed E-state index contributed by atoms with van der Waals surface area (Å²) in [6.07, 6.45) is 4.46. The molecule has 0 aliphatic carbocycles. The fraction of sp³-hybridized carbons (Fsp3) is 0.500. The molecule has 1 aliphatic rings. The molecule has 122 valence electrons. The number of hydrogen-bond donors (Lipinski definition) is 0. The maximum atomic E-state index is 12.5. The van der Waals surface area contributed by atoms with Crippen molar-refractivity contribution in [1.82, 2.24) is 19.9 Å². The Labute approximate surface area is 139 Å². The van der Waals surface area contributed by atoms with E-state index in [0.717, 1.165) is 22.8 Å². The topological polar surface area (TPSA) is 68.2 Å². The van der Waals surface area contributed by atoms with Crippen molar-refractivity contribution < 1.29 is 9.53 Å². The normalized spacial score (nSPS) is 18.7. The molecule has 0 N–H and O–H groups in total. The van der Waals surface area contributed by atoms with E-state index >= 15 is 0 Å². The van der Waals surface area contributed by atoms with E-state index in [4.69, 9.17) is 4.74 Å². The van der Waals surface area contributed by atoms with E-state index in [1.165, 1.54) is 0 Å². The van der Waals surface area contributed by atoms with Crippen LogP contribution in [0.1, 0.15) is 16.4 Å². The van der Waals surface area contributed by atoms with E-state index in [1.54, 1.807) is 23.9 Å². The predicted octanol–water partition coefficient (Wildman–Crippen LogP) is 1.50. The van der Waals surface area contributed by atoms with Crippen LogP contribution >= 0.6 is 11.3 Å². The van der Waals surface area contributed by atoms with Gasteiger partial charge >= 0.3 is 0 Å². The predicted molar refractivity (Wildman–Crippen MR) is 87.2 cm³/mol. The van der Waals surface area contributed by atoms with Crippen molar-refractivity contribution in [3.05, 3.63) is 40.4 Å². The maximum Gasteiger partial charge on any atom is 0.228 e. The van der Waals surface area contributed by atoms with Gasteiger partial charge in [0.2, 0.25) is 5.91 Å². The van der Waals surface area contributed by atoms with Crippen LogP contribution in [0.2, 0.25) is 0 Å². The van der Waals surface area contributed by atoms with Crippen LogP contribution in [0.5, 0.6) is 0 Å².